The van der Waals surface area contributed by atoms with Crippen molar-refractivity contribution in [3.8, 4) is 22.5 Å². The number of aryl methyl sites for hydroxylation is 2. The molecule has 7 heteroatoms. The van der Waals surface area contributed by atoms with Gasteiger partial charge in [-0.15, -0.1) is 10.2 Å². The third-order valence-electron chi connectivity index (χ3n) is 4.90. The third kappa shape index (κ3) is 5.90. The van der Waals surface area contributed by atoms with Gasteiger partial charge in [0.2, 0.25) is 5.16 Å². The zero-order valence-electron chi connectivity index (χ0n) is 18.4. The van der Waals surface area contributed by atoms with Crippen LogP contribution in [0.2, 0.25) is 0 Å². The normalized spacial score (nSPS) is 11.0. The van der Waals surface area contributed by atoms with Crippen molar-refractivity contribution in [1.82, 2.24) is 20.6 Å². The number of nitrogens with zero attached hydrogens (tertiary/aromatic N) is 4. The van der Waals surface area contributed by atoms with Crippen molar-refractivity contribution in [2.45, 2.75) is 19.0 Å². The van der Waals surface area contributed by atoms with E-state index in [2.05, 4.69) is 58.8 Å². The Hall–Kier alpha value is -3.84. The van der Waals surface area contributed by atoms with Crippen LogP contribution in [-0.4, -0.2) is 33.1 Å². The Morgan fingerprint density at radius 3 is 2.09 bits per heavy atom. The van der Waals surface area contributed by atoms with E-state index in [1.807, 2.05) is 42.5 Å². The fourth-order valence-corrected chi connectivity index (χ4v) is 3.65. The van der Waals surface area contributed by atoms with E-state index in [1.165, 1.54) is 22.9 Å². The molecule has 0 aliphatic carbocycles. The van der Waals surface area contributed by atoms with Crippen LogP contribution >= 0.6 is 11.8 Å². The first-order chi connectivity index (χ1) is 16.1. The van der Waals surface area contributed by atoms with Gasteiger partial charge in [-0.25, -0.2) is 10.4 Å². The molecule has 0 fully saturated rings. The minimum absolute atomic E-state index is 0.251. The molecule has 0 aliphatic rings. The highest BCUT2D eigenvalue weighted by molar-refractivity contribution is 7.99. The summed E-state index contributed by atoms with van der Waals surface area (Å²) in [6.07, 6.45) is 1.62. The molecule has 3 aromatic carbocycles. The second kappa shape index (κ2) is 10.7. The maximum Gasteiger partial charge on any atom is 0.271 e. The Kier molecular flexibility index (Phi) is 7.22. The lowest BCUT2D eigenvalue weighted by atomic mass is 10.0. The molecular formula is C26H23N5OS. The molecule has 0 radical (unpaired) electrons. The number of hydrogen-bond donors (Lipinski definition) is 1. The molecule has 33 heavy (non-hydrogen) atoms. The predicted molar refractivity (Wildman–Crippen MR) is 133 cm³/mol. The number of thioether (sulfide) groups is 1. The van der Waals surface area contributed by atoms with E-state index in [-0.39, 0.29) is 5.91 Å². The standard InChI is InChI=1S/C26H23N5OS/c1-18-8-12-20(13-9-18)23-24(21-14-10-19(2)11-15-21)29-31-26(28-23)33-17-16-27-30-25(32)22-6-4-3-5-7-22/h3-16H,17H2,1-2H3,(H,30,32)/b27-16-. The minimum atomic E-state index is -0.251. The topological polar surface area (TPSA) is 80.1 Å². The average Bonchev–Trinajstić information content (AvgIpc) is 2.85. The van der Waals surface area contributed by atoms with Gasteiger partial charge in [-0.2, -0.15) is 5.10 Å². The van der Waals surface area contributed by atoms with Gasteiger partial charge in [0.25, 0.3) is 5.91 Å². The van der Waals surface area contributed by atoms with Crippen molar-refractivity contribution < 1.29 is 4.79 Å². The van der Waals surface area contributed by atoms with Crippen LogP contribution in [0, 0.1) is 13.8 Å². The van der Waals surface area contributed by atoms with Gasteiger partial charge >= 0.3 is 0 Å². The van der Waals surface area contributed by atoms with Crippen LogP contribution in [0.5, 0.6) is 0 Å². The van der Waals surface area contributed by atoms with E-state index >= 15 is 0 Å². The van der Waals surface area contributed by atoms with E-state index < -0.39 is 0 Å². The predicted octanol–water partition coefficient (Wildman–Crippen LogP) is 5.33. The van der Waals surface area contributed by atoms with Crippen molar-refractivity contribution >= 4 is 23.9 Å². The highest BCUT2D eigenvalue weighted by Gasteiger charge is 2.14. The van der Waals surface area contributed by atoms with Crippen molar-refractivity contribution in [3.63, 3.8) is 0 Å². The Bertz CT molecular complexity index is 1260. The summed E-state index contributed by atoms with van der Waals surface area (Å²) >= 11 is 1.40. The molecule has 4 rings (SSSR count). The number of benzene rings is 3. The van der Waals surface area contributed by atoms with Crippen LogP contribution in [0.15, 0.2) is 89.1 Å². The summed E-state index contributed by atoms with van der Waals surface area (Å²) in [7, 11) is 0. The highest BCUT2D eigenvalue weighted by Crippen LogP contribution is 2.30. The van der Waals surface area contributed by atoms with Crippen LogP contribution in [0.3, 0.4) is 0 Å². The first-order valence-electron chi connectivity index (χ1n) is 10.5. The van der Waals surface area contributed by atoms with Crippen LogP contribution in [-0.2, 0) is 0 Å². The van der Waals surface area contributed by atoms with Gasteiger partial charge in [-0.05, 0) is 26.0 Å². The van der Waals surface area contributed by atoms with Crippen LogP contribution in [0.1, 0.15) is 21.5 Å². The monoisotopic (exact) mass is 453 g/mol. The molecule has 6 nitrogen and oxygen atoms in total. The molecule has 0 saturated carbocycles. The lowest BCUT2D eigenvalue weighted by Crippen LogP contribution is -2.17. The smallest absolute Gasteiger partial charge is 0.267 e. The zero-order valence-corrected chi connectivity index (χ0v) is 19.2. The Morgan fingerprint density at radius 2 is 1.45 bits per heavy atom. The van der Waals surface area contributed by atoms with Crippen molar-refractivity contribution in [2.75, 3.05) is 5.75 Å². The maximum atomic E-state index is 12.0. The first kappa shape index (κ1) is 22.4. The summed E-state index contributed by atoms with van der Waals surface area (Å²) in [4.78, 5) is 16.8. The number of amides is 1. The molecular weight excluding hydrogens is 430 g/mol. The fraction of sp³-hybridized carbons (Fsp3) is 0.115. The minimum Gasteiger partial charge on any atom is -0.267 e. The number of nitrogens with one attached hydrogen (secondary N) is 1. The zero-order chi connectivity index (χ0) is 23.0. The van der Waals surface area contributed by atoms with E-state index in [9.17, 15) is 4.79 Å². The van der Waals surface area contributed by atoms with Crippen molar-refractivity contribution in [3.05, 3.63) is 95.6 Å². The molecule has 0 bridgehead atoms. The highest BCUT2D eigenvalue weighted by atomic mass is 32.2. The molecule has 1 heterocycles. The molecule has 1 N–H and O–H groups in total. The quantitative estimate of drug-likeness (QED) is 0.232. The summed E-state index contributed by atoms with van der Waals surface area (Å²) in [5, 5.41) is 13.4. The summed E-state index contributed by atoms with van der Waals surface area (Å²) < 4.78 is 0. The maximum absolute atomic E-state index is 12.0. The lowest BCUT2D eigenvalue weighted by Gasteiger charge is -2.09. The summed E-state index contributed by atoms with van der Waals surface area (Å²) in [5.74, 6) is 0.243. The van der Waals surface area contributed by atoms with E-state index in [0.29, 0.717) is 16.5 Å². The van der Waals surface area contributed by atoms with Crippen molar-refractivity contribution in [2.24, 2.45) is 5.10 Å². The largest absolute Gasteiger partial charge is 0.271 e. The molecule has 164 valence electrons. The lowest BCUT2D eigenvalue weighted by molar-refractivity contribution is 0.0955. The van der Waals surface area contributed by atoms with Gasteiger partial charge in [-0.1, -0.05) is 89.6 Å². The molecule has 1 aromatic heterocycles. The fourth-order valence-electron chi connectivity index (χ4n) is 3.10. The second-order valence-electron chi connectivity index (χ2n) is 7.45. The first-order valence-corrected chi connectivity index (χ1v) is 11.5. The Morgan fingerprint density at radius 1 is 0.848 bits per heavy atom. The number of hydrazone groups is 1. The van der Waals surface area contributed by atoms with Gasteiger partial charge in [0.15, 0.2) is 0 Å². The third-order valence-corrected chi connectivity index (χ3v) is 5.64. The van der Waals surface area contributed by atoms with Gasteiger partial charge in [0, 0.05) is 28.7 Å². The average molecular weight is 454 g/mol. The number of hydrogen-bond acceptors (Lipinski definition) is 6. The second-order valence-corrected chi connectivity index (χ2v) is 8.44. The van der Waals surface area contributed by atoms with Crippen LogP contribution in [0.25, 0.3) is 22.5 Å². The van der Waals surface area contributed by atoms with Crippen molar-refractivity contribution in [1.29, 1.82) is 0 Å². The summed E-state index contributed by atoms with van der Waals surface area (Å²) in [5.41, 5.74) is 8.93. The van der Waals surface area contributed by atoms with Crippen LogP contribution < -0.4 is 5.43 Å². The SMILES string of the molecule is Cc1ccc(-c2nnc(SC/C=N\NC(=O)c3ccccc3)nc2-c2ccc(C)cc2)cc1. The van der Waals surface area contributed by atoms with Crippen LogP contribution in [0.4, 0.5) is 0 Å². The molecule has 0 aliphatic heterocycles. The summed E-state index contributed by atoms with van der Waals surface area (Å²) in [6.45, 7) is 4.11. The number of carbonyl (C=O) groups is 1. The van der Waals surface area contributed by atoms with Gasteiger partial charge < -0.3 is 0 Å². The van der Waals surface area contributed by atoms with E-state index in [4.69, 9.17) is 4.98 Å². The molecule has 0 atom stereocenters. The molecule has 0 unspecified atom stereocenters. The molecule has 4 aromatic rings. The molecule has 0 saturated heterocycles. The Labute approximate surface area is 197 Å². The van der Waals surface area contributed by atoms with Gasteiger partial charge in [-0.3, -0.25) is 4.79 Å². The summed E-state index contributed by atoms with van der Waals surface area (Å²) in [6, 6.07) is 25.4. The number of carbonyl (C=O) groups excluding carboxylic acids is 1. The number of aromatic nitrogens is 3. The molecule has 1 amide bonds. The molecule has 0 spiro atoms. The Balaban J connectivity index is 1.49. The number of rotatable bonds is 7. The van der Waals surface area contributed by atoms with Gasteiger partial charge in [0.05, 0.1) is 0 Å². The van der Waals surface area contributed by atoms with E-state index in [1.54, 1.807) is 18.3 Å². The van der Waals surface area contributed by atoms with Gasteiger partial charge in [0.1, 0.15) is 11.4 Å². The van der Waals surface area contributed by atoms with E-state index in [0.717, 1.165) is 22.5 Å².